The first kappa shape index (κ1) is 24.1. The van der Waals surface area contributed by atoms with E-state index < -0.39 is 35.9 Å². The fourth-order valence-electron chi connectivity index (χ4n) is 2.85. The van der Waals surface area contributed by atoms with Gasteiger partial charge in [-0.1, -0.05) is 32.0 Å². The van der Waals surface area contributed by atoms with Gasteiger partial charge < -0.3 is 16.2 Å². The molecular weight excluding hydrogens is 376 g/mol. The largest absolute Gasteiger partial charge is 0.480 e. The van der Waals surface area contributed by atoms with E-state index >= 15 is 0 Å². The maximum atomic E-state index is 13.5. The van der Waals surface area contributed by atoms with Crippen LogP contribution in [-0.2, 0) is 19.2 Å². The lowest BCUT2D eigenvalue weighted by Gasteiger charge is -2.34. The summed E-state index contributed by atoms with van der Waals surface area (Å²) in [5.74, 6) is -2.66. The molecule has 3 atom stereocenters. The molecular formula is C20H30N4O5. The molecule has 5 N–H and O–H groups in total. The van der Waals surface area contributed by atoms with E-state index in [1.165, 1.54) is 18.7 Å². The van der Waals surface area contributed by atoms with Gasteiger partial charge in [0.05, 0.1) is 0 Å². The van der Waals surface area contributed by atoms with E-state index in [4.69, 9.17) is 5.73 Å². The minimum Gasteiger partial charge on any atom is -0.480 e. The summed E-state index contributed by atoms with van der Waals surface area (Å²) >= 11 is 0. The van der Waals surface area contributed by atoms with E-state index in [1.807, 2.05) is 13.8 Å². The Morgan fingerprint density at radius 3 is 2.14 bits per heavy atom. The molecule has 160 valence electrons. The second-order valence-electron chi connectivity index (χ2n) is 7.31. The van der Waals surface area contributed by atoms with Gasteiger partial charge in [0, 0.05) is 19.2 Å². The molecule has 0 aliphatic heterocycles. The van der Waals surface area contributed by atoms with Gasteiger partial charge in [-0.25, -0.2) is 0 Å². The third-order valence-corrected chi connectivity index (χ3v) is 4.28. The standard InChI is InChI=1S/C20H30N4O5/c1-12(2)10-17(18(21)26)24(15-8-6-5-7-9-15)19(27)16(11-22-14(4)25)23-13(3)20(28)29/h5-9,12-13,16-17,23H,10-11H2,1-4H3,(H2,21,26)(H,22,25)(H,28,29)/t13-,16+,17+/m1/s1. The first-order valence-corrected chi connectivity index (χ1v) is 9.45. The SMILES string of the molecule is CC(=O)NC[C@H](N[C@H](C)C(=O)O)C(=O)N(c1ccccc1)[C@@H](CC(C)C)C(N)=O. The summed E-state index contributed by atoms with van der Waals surface area (Å²) < 4.78 is 0. The van der Waals surface area contributed by atoms with Gasteiger partial charge in [-0.05, 0) is 31.4 Å². The molecule has 0 saturated heterocycles. The number of rotatable bonds is 11. The van der Waals surface area contributed by atoms with Crippen molar-refractivity contribution in [1.29, 1.82) is 0 Å². The van der Waals surface area contributed by atoms with E-state index in [9.17, 15) is 24.3 Å². The number of carboxylic acid groups (broad SMARTS) is 1. The van der Waals surface area contributed by atoms with Crippen LogP contribution in [0.15, 0.2) is 30.3 Å². The van der Waals surface area contributed by atoms with E-state index in [-0.39, 0.29) is 18.4 Å². The molecule has 0 bridgehead atoms. The lowest BCUT2D eigenvalue weighted by atomic mass is 10.00. The van der Waals surface area contributed by atoms with Gasteiger partial charge in [-0.2, -0.15) is 0 Å². The number of carbonyl (C=O) groups is 4. The van der Waals surface area contributed by atoms with E-state index in [1.54, 1.807) is 30.3 Å². The molecule has 0 aliphatic carbocycles. The van der Waals surface area contributed by atoms with Gasteiger partial charge >= 0.3 is 5.97 Å². The molecule has 1 aromatic carbocycles. The van der Waals surface area contributed by atoms with Crippen LogP contribution < -0.4 is 21.3 Å². The lowest BCUT2D eigenvalue weighted by Crippen LogP contribution is -2.59. The molecule has 9 nitrogen and oxygen atoms in total. The first-order chi connectivity index (χ1) is 13.5. The third-order valence-electron chi connectivity index (χ3n) is 4.28. The molecule has 0 radical (unpaired) electrons. The number of anilines is 1. The normalized spacial score (nSPS) is 14.0. The number of amides is 3. The van der Waals surface area contributed by atoms with Gasteiger partial charge in [0.15, 0.2) is 0 Å². The molecule has 29 heavy (non-hydrogen) atoms. The number of para-hydroxylation sites is 1. The number of hydrogen-bond donors (Lipinski definition) is 4. The first-order valence-electron chi connectivity index (χ1n) is 9.45. The number of primary amides is 1. The second kappa shape index (κ2) is 11.2. The maximum Gasteiger partial charge on any atom is 0.320 e. The zero-order valence-electron chi connectivity index (χ0n) is 17.2. The smallest absolute Gasteiger partial charge is 0.320 e. The third kappa shape index (κ3) is 7.53. The highest BCUT2D eigenvalue weighted by molar-refractivity contribution is 6.03. The highest BCUT2D eigenvalue weighted by Gasteiger charge is 2.35. The number of aliphatic carboxylic acids is 1. The Labute approximate surface area is 170 Å². The quantitative estimate of drug-likeness (QED) is 0.421. The molecule has 0 aliphatic rings. The summed E-state index contributed by atoms with van der Waals surface area (Å²) in [7, 11) is 0. The van der Waals surface area contributed by atoms with Crippen LogP contribution in [0, 0.1) is 5.92 Å². The molecule has 0 saturated carbocycles. The number of nitrogens with zero attached hydrogens (tertiary/aromatic N) is 1. The number of nitrogens with two attached hydrogens (primary N) is 1. The zero-order chi connectivity index (χ0) is 22.1. The number of carbonyl (C=O) groups excluding carboxylic acids is 3. The summed E-state index contributed by atoms with van der Waals surface area (Å²) in [4.78, 5) is 49.6. The van der Waals surface area contributed by atoms with Crippen molar-refractivity contribution in [2.75, 3.05) is 11.4 Å². The summed E-state index contributed by atoms with van der Waals surface area (Å²) in [5, 5.41) is 14.5. The Balaban J connectivity index is 3.36. The van der Waals surface area contributed by atoms with Gasteiger partial charge in [0.25, 0.3) is 0 Å². The molecule has 1 rings (SSSR count). The molecule has 0 unspecified atom stereocenters. The van der Waals surface area contributed by atoms with Crippen LogP contribution in [-0.4, -0.2) is 53.5 Å². The van der Waals surface area contributed by atoms with Crippen LogP contribution >= 0.6 is 0 Å². The lowest BCUT2D eigenvalue weighted by molar-refractivity contribution is -0.139. The Morgan fingerprint density at radius 2 is 1.69 bits per heavy atom. The Morgan fingerprint density at radius 1 is 1.10 bits per heavy atom. The van der Waals surface area contributed by atoms with Crippen molar-refractivity contribution in [3.63, 3.8) is 0 Å². The van der Waals surface area contributed by atoms with Gasteiger partial charge in [0.1, 0.15) is 18.1 Å². The average molecular weight is 406 g/mol. The van der Waals surface area contributed by atoms with E-state index in [0.717, 1.165) is 0 Å². The monoisotopic (exact) mass is 406 g/mol. The van der Waals surface area contributed by atoms with Crippen LogP contribution in [0.2, 0.25) is 0 Å². The highest BCUT2D eigenvalue weighted by atomic mass is 16.4. The highest BCUT2D eigenvalue weighted by Crippen LogP contribution is 2.22. The van der Waals surface area contributed by atoms with Crippen molar-refractivity contribution in [2.45, 2.75) is 52.2 Å². The van der Waals surface area contributed by atoms with Crippen molar-refractivity contribution in [3.05, 3.63) is 30.3 Å². The fraction of sp³-hybridized carbons (Fsp3) is 0.500. The molecule has 3 amide bonds. The number of hydrogen-bond acceptors (Lipinski definition) is 5. The van der Waals surface area contributed by atoms with Crippen LogP contribution in [0.5, 0.6) is 0 Å². The van der Waals surface area contributed by atoms with E-state index in [0.29, 0.717) is 12.1 Å². The van der Waals surface area contributed by atoms with Crippen LogP contribution in [0.25, 0.3) is 0 Å². The van der Waals surface area contributed by atoms with Crippen molar-refractivity contribution in [1.82, 2.24) is 10.6 Å². The maximum absolute atomic E-state index is 13.5. The molecule has 0 spiro atoms. The number of benzene rings is 1. The van der Waals surface area contributed by atoms with Gasteiger partial charge in [-0.3, -0.25) is 29.4 Å². The van der Waals surface area contributed by atoms with Gasteiger partial charge in [-0.15, -0.1) is 0 Å². The minimum atomic E-state index is -1.15. The summed E-state index contributed by atoms with van der Waals surface area (Å²) in [6.45, 7) is 6.36. The van der Waals surface area contributed by atoms with Crippen LogP contribution in [0.3, 0.4) is 0 Å². The second-order valence-corrected chi connectivity index (χ2v) is 7.31. The van der Waals surface area contributed by atoms with E-state index in [2.05, 4.69) is 10.6 Å². The molecule has 0 fully saturated rings. The Bertz CT molecular complexity index is 723. The Kier molecular flexibility index (Phi) is 9.27. The Hall–Kier alpha value is -2.94. The molecule has 0 heterocycles. The molecule has 0 aromatic heterocycles. The summed E-state index contributed by atoms with van der Waals surface area (Å²) in [5.41, 5.74) is 6.07. The number of carboxylic acids is 1. The van der Waals surface area contributed by atoms with Gasteiger partial charge in [0.2, 0.25) is 17.7 Å². The average Bonchev–Trinajstić information content (AvgIpc) is 2.64. The topological polar surface area (TPSA) is 142 Å². The predicted molar refractivity (Wildman–Crippen MR) is 109 cm³/mol. The van der Waals surface area contributed by atoms with Crippen molar-refractivity contribution in [3.8, 4) is 0 Å². The zero-order valence-corrected chi connectivity index (χ0v) is 17.2. The summed E-state index contributed by atoms with van der Waals surface area (Å²) in [6, 6.07) is 5.51. The number of nitrogens with one attached hydrogen (secondary N) is 2. The summed E-state index contributed by atoms with van der Waals surface area (Å²) in [6.07, 6.45) is 0.331. The molecule has 1 aromatic rings. The van der Waals surface area contributed by atoms with Crippen LogP contribution in [0.4, 0.5) is 5.69 Å². The van der Waals surface area contributed by atoms with Crippen LogP contribution in [0.1, 0.15) is 34.1 Å². The minimum absolute atomic E-state index is 0.0752. The fourth-order valence-corrected chi connectivity index (χ4v) is 2.85. The molecule has 9 heteroatoms. The van der Waals surface area contributed by atoms with Crippen molar-refractivity contribution >= 4 is 29.4 Å². The van der Waals surface area contributed by atoms with Crippen molar-refractivity contribution < 1.29 is 24.3 Å². The van der Waals surface area contributed by atoms with Crippen molar-refractivity contribution in [2.24, 2.45) is 11.7 Å². The predicted octanol–water partition coefficient (Wildman–Crippen LogP) is 0.487.